The number of pyridine rings is 1. The molecule has 10 nitrogen and oxygen atoms in total. The number of para-hydroxylation sites is 1. The van der Waals surface area contributed by atoms with Gasteiger partial charge in [-0.1, -0.05) is 42.5 Å². The summed E-state index contributed by atoms with van der Waals surface area (Å²) >= 11 is 0. The first-order valence-electron chi connectivity index (χ1n) is 15.8. The van der Waals surface area contributed by atoms with Gasteiger partial charge in [-0.2, -0.15) is 4.98 Å². The first-order chi connectivity index (χ1) is 21.7. The van der Waals surface area contributed by atoms with Crippen molar-refractivity contribution < 1.29 is 14.3 Å². The molecule has 0 aliphatic carbocycles. The van der Waals surface area contributed by atoms with Crippen LogP contribution in [0.5, 0.6) is 5.75 Å². The minimum atomic E-state index is -0.475. The van der Waals surface area contributed by atoms with Gasteiger partial charge < -0.3 is 19.7 Å². The second kappa shape index (κ2) is 12.6. The van der Waals surface area contributed by atoms with Gasteiger partial charge in [0.05, 0.1) is 11.1 Å². The molecule has 0 spiro atoms. The Morgan fingerprint density at radius 1 is 0.956 bits per heavy atom. The standard InChI is InChI=1S/C35H42N6O4/c1-25(2)41-30(42)15-10-26-24-36-32(37-31(26)41)38-34(3,4)27-11-13-28(14-12-27)35(16-22-44-23-17-35)40-20-18-39(19-21-40)33(43)45-29-8-6-5-7-9-29/h5-15,24-25H,16-23H2,1-4H3,(H,36,37,38). The predicted octanol–water partition coefficient (Wildman–Crippen LogP) is 5.54. The Morgan fingerprint density at radius 2 is 1.64 bits per heavy atom. The van der Waals surface area contributed by atoms with Gasteiger partial charge in [-0.05, 0) is 69.9 Å². The molecule has 2 fully saturated rings. The Morgan fingerprint density at radius 3 is 2.31 bits per heavy atom. The lowest BCUT2D eigenvalue weighted by Gasteiger charge is -2.50. The summed E-state index contributed by atoms with van der Waals surface area (Å²) in [6.07, 6.45) is 3.25. The summed E-state index contributed by atoms with van der Waals surface area (Å²) in [6.45, 7) is 12.3. The number of anilines is 1. The molecule has 0 unspecified atom stereocenters. The van der Waals surface area contributed by atoms with E-state index in [0.29, 0.717) is 43.6 Å². The minimum absolute atomic E-state index is 0.0203. The Hall–Kier alpha value is -4.28. The van der Waals surface area contributed by atoms with Gasteiger partial charge in [0.25, 0.3) is 5.56 Å². The molecule has 10 heteroatoms. The normalized spacial score (nSPS) is 17.4. The van der Waals surface area contributed by atoms with Crippen molar-refractivity contribution in [2.75, 3.05) is 44.7 Å². The van der Waals surface area contributed by atoms with E-state index < -0.39 is 5.54 Å². The quantitative estimate of drug-likeness (QED) is 0.291. The second-order valence-corrected chi connectivity index (χ2v) is 12.7. The number of carbonyl (C=O) groups is 1. The van der Waals surface area contributed by atoms with Crippen molar-refractivity contribution in [3.63, 3.8) is 0 Å². The summed E-state index contributed by atoms with van der Waals surface area (Å²) in [5.41, 5.74) is 2.26. The van der Waals surface area contributed by atoms with E-state index in [2.05, 4.69) is 53.3 Å². The van der Waals surface area contributed by atoms with Crippen LogP contribution in [0.15, 0.2) is 77.7 Å². The van der Waals surface area contributed by atoms with Crippen LogP contribution in [0.4, 0.5) is 10.7 Å². The number of fused-ring (bicyclic) bond motifs is 1. The maximum atomic E-state index is 12.8. The average molecular weight is 611 g/mol. The number of amides is 1. The third-order valence-corrected chi connectivity index (χ3v) is 9.16. The molecular formula is C35H42N6O4. The third kappa shape index (κ3) is 6.30. The van der Waals surface area contributed by atoms with Gasteiger partial charge in [0, 0.05) is 63.1 Å². The van der Waals surface area contributed by atoms with Crippen molar-refractivity contribution in [3.05, 3.63) is 94.4 Å². The topological polar surface area (TPSA) is 102 Å². The fourth-order valence-electron chi connectivity index (χ4n) is 6.61. The van der Waals surface area contributed by atoms with Crippen LogP contribution < -0.4 is 15.6 Å². The molecule has 0 saturated carbocycles. The van der Waals surface area contributed by atoms with E-state index in [-0.39, 0.29) is 23.2 Å². The summed E-state index contributed by atoms with van der Waals surface area (Å²) in [5.74, 6) is 1.03. The van der Waals surface area contributed by atoms with E-state index in [1.54, 1.807) is 39.9 Å². The first-order valence-corrected chi connectivity index (χ1v) is 15.8. The molecule has 1 amide bonds. The van der Waals surface area contributed by atoms with Crippen molar-refractivity contribution >= 4 is 23.1 Å². The van der Waals surface area contributed by atoms with Gasteiger partial charge in [0.1, 0.15) is 11.4 Å². The lowest BCUT2D eigenvalue weighted by atomic mass is 9.79. The summed E-state index contributed by atoms with van der Waals surface area (Å²) in [4.78, 5) is 39.0. The zero-order valence-corrected chi connectivity index (χ0v) is 26.5. The molecule has 0 bridgehead atoms. The highest BCUT2D eigenvalue weighted by Crippen LogP contribution is 2.40. The van der Waals surface area contributed by atoms with Gasteiger partial charge in [-0.15, -0.1) is 0 Å². The average Bonchev–Trinajstić information content (AvgIpc) is 3.05. The number of ether oxygens (including phenoxy) is 2. The summed E-state index contributed by atoms with van der Waals surface area (Å²) in [7, 11) is 0. The summed E-state index contributed by atoms with van der Waals surface area (Å²) in [6, 6.07) is 21.4. The van der Waals surface area contributed by atoms with Crippen molar-refractivity contribution in [3.8, 4) is 5.75 Å². The SMILES string of the molecule is CC(C)n1c(=O)ccc2cnc(NC(C)(C)c3ccc(C4(N5CCN(C(=O)Oc6ccccc6)CC5)CCOCC4)cc3)nc21. The highest BCUT2D eigenvalue weighted by atomic mass is 16.6. The van der Waals surface area contributed by atoms with Crippen molar-refractivity contribution in [1.82, 2.24) is 24.3 Å². The molecule has 2 aromatic carbocycles. The molecule has 4 aromatic rings. The largest absolute Gasteiger partial charge is 0.415 e. The number of hydrogen-bond donors (Lipinski definition) is 1. The predicted molar refractivity (Wildman–Crippen MR) is 175 cm³/mol. The van der Waals surface area contributed by atoms with Crippen molar-refractivity contribution in [1.29, 1.82) is 0 Å². The highest BCUT2D eigenvalue weighted by molar-refractivity contribution is 5.75. The molecule has 0 atom stereocenters. The molecule has 2 aliphatic rings. The van der Waals surface area contributed by atoms with E-state index in [4.69, 9.17) is 14.5 Å². The number of aromatic nitrogens is 3. The van der Waals surface area contributed by atoms with Crippen LogP contribution in [0.2, 0.25) is 0 Å². The molecule has 2 saturated heterocycles. The lowest BCUT2D eigenvalue weighted by Crippen LogP contribution is -2.58. The van der Waals surface area contributed by atoms with Crippen LogP contribution in [-0.2, 0) is 15.8 Å². The van der Waals surface area contributed by atoms with Crippen LogP contribution >= 0.6 is 0 Å². The van der Waals surface area contributed by atoms with Crippen LogP contribution in [0.3, 0.4) is 0 Å². The second-order valence-electron chi connectivity index (χ2n) is 12.7. The number of rotatable bonds is 7. The zero-order valence-electron chi connectivity index (χ0n) is 26.5. The molecule has 2 aromatic heterocycles. The molecule has 236 valence electrons. The van der Waals surface area contributed by atoms with E-state index in [1.165, 1.54) is 5.56 Å². The summed E-state index contributed by atoms with van der Waals surface area (Å²) < 4.78 is 13.1. The number of benzene rings is 2. The smallest absolute Gasteiger partial charge is 0.410 e. The minimum Gasteiger partial charge on any atom is -0.410 e. The Balaban J connectivity index is 1.18. The maximum Gasteiger partial charge on any atom is 0.415 e. The number of nitrogens with zero attached hydrogens (tertiary/aromatic N) is 5. The maximum absolute atomic E-state index is 12.8. The van der Waals surface area contributed by atoms with Crippen LogP contribution in [0, 0.1) is 0 Å². The zero-order chi connectivity index (χ0) is 31.6. The van der Waals surface area contributed by atoms with Crippen LogP contribution in [0.1, 0.15) is 57.7 Å². The van der Waals surface area contributed by atoms with Gasteiger partial charge in [-0.25, -0.2) is 9.78 Å². The van der Waals surface area contributed by atoms with Gasteiger partial charge in [0.2, 0.25) is 5.95 Å². The molecule has 2 aliphatic heterocycles. The number of hydrogen-bond acceptors (Lipinski definition) is 8. The Bertz CT molecular complexity index is 1690. The highest BCUT2D eigenvalue weighted by Gasteiger charge is 2.42. The number of carbonyl (C=O) groups excluding carboxylic acids is 1. The summed E-state index contributed by atoms with van der Waals surface area (Å²) in [5, 5.41) is 4.33. The number of nitrogens with one attached hydrogen (secondary N) is 1. The Kier molecular flexibility index (Phi) is 8.61. The van der Waals surface area contributed by atoms with E-state index >= 15 is 0 Å². The van der Waals surface area contributed by atoms with Gasteiger partial charge in [0.15, 0.2) is 0 Å². The molecule has 1 N–H and O–H groups in total. The van der Waals surface area contributed by atoms with Crippen molar-refractivity contribution in [2.24, 2.45) is 0 Å². The third-order valence-electron chi connectivity index (χ3n) is 9.16. The van der Waals surface area contributed by atoms with Gasteiger partial charge >= 0.3 is 6.09 Å². The lowest BCUT2D eigenvalue weighted by molar-refractivity contribution is -0.0483. The fraction of sp³-hybridized carbons (Fsp3) is 0.429. The number of piperazine rings is 1. The Labute approximate surface area is 264 Å². The van der Waals surface area contributed by atoms with Gasteiger partial charge in [-0.3, -0.25) is 14.3 Å². The fourth-order valence-corrected chi connectivity index (χ4v) is 6.61. The van der Waals surface area contributed by atoms with E-state index in [1.807, 2.05) is 32.0 Å². The monoisotopic (exact) mass is 610 g/mol. The molecular weight excluding hydrogens is 568 g/mol. The molecule has 6 rings (SSSR count). The van der Waals surface area contributed by atoms with Crippen LogP contribution in [-0.4, -0.2) is 69.8 Å². The van der Waals surface area contributed by atoms with E-state index in [9.17, 15) is 9.59 Å². The first kappa shape index (κ1) is 30.7. The van der Waals surface area contributed by atoms with Crippen molar-refractivity contribution in [2.45, 2.75) is 57.7 Å². The molecule has 0 radical (unpaired) electrons. The molecule has 4 heterocycles. The van der Waals surface area contributed by atoms with Crippen LogP contribution in [0.25, 0.3) is 11.0 Å². The molecule has 45 heavy (non-hydrogen) atoms. The van der Waals surface area contributed by atoms with E-state index in [0.717, 1.165) is 36.9 Å².